The molecule has 0 unspecified atom stereocenters. The van der Waals surface area contributed by atoms with Crippen LogP contribution in [0.5, 0.6) is 0 Å². The normalized spacial score (nSPS) is 19.7. The van der Waals surface area contributed by atoms with Crippen molar-refractivity contribution in [2.75, 3.05) is 13.2 Å². The number of imidazole rings is 1. The van der Waals surface area contributed by atoms with Crippen molar-refractivity contribution in [3.05, 3.63) is 114 Å². The van der Waals surface area contributed by atoms with Gasteiger partial charge in [0, 0.05) is 23.0 Å². The van der Waals surface area contributed by atoms with E-state index in [0.717, 1.165) is 16.7 Å². The Kier molecular flexibility index (Phi) is 6.45. The molecule has 1 saturated heterocycles. The summed E-state index contributed by atoms with van der Waals surface area (Å²) in [5, 5.41) is 0.480. The van der Waals surface area contributed by atoms with E-state index in [-0.39, 0.29) is 13.2 Å². The summed E-state index contributed by atoms with van der Waals surface area (Å²) in [7, 11) is 0. The van der Waals surface area contributed by atoms with Gasteiger partial charge in [-0.05, 0) is 29.3 Å². The number of aromatic nitrogens is 2. The topological polar surface area (TPSA) is 62.6 Å². The lowest BCUT2D eigenvalue weighted by Crippen LogP contribution is -2.34. The Hall–Kier alpha value is -3.45. The highest BCUT2D eigenvalue weighted by atomic mass is 35.5. The molecule has 1 fully saturated rings. The smallest absolute Gasteiger partial charge is 0.338 e. The van der Waals surface area contributed by atoms with Crippen molar-refractivity contribution in [1.82, 2.24) is 9.55 Å². The standard InChI is InChI=1S/C27H23ClN2O4/c28-24-8-4-7-22(15-24)26(31)32-16-25-17-33-27(34-25,18-30-14-13-29-19-30)23-11-9-21(10-12-23)20-5-2-1-3-6-20/h1-15,19,25H,16-18H2/t25-,27-/m0/s1. The van der Waals surface area contributed by atoms with Crippen LogP contribution in [0.3, 0.4) is 0 Å². The fourth-order valence-electron chi connectivity index (χ4n) is 4.01. The average molecular weight is 475 g/mol. The first-order valence-electron chi connectivity index (χ1n) is 11.0. The fraction of sp³-hybridized carbons (Fsp3) is 0.185. The average Bonchev–Trinajstić information content (AvgIpc) is 3.54. The van der Waals surface area contributed by atoms with E-state index in [9.17, 15) is 4.79 Å². The van der Waals surface area contributed by atoms with Crippen molar-refractivity contribution in [3.8, 4) is 11.1 Å². The first kappa shape index (κ1) is 22.3. The molecule has 1 aromatic heterocycles. The predicted molar refractivity (Wildman–Crippen MR) is 128 cm³/mol. The second kappa shape index (κ2) is 9.81. The number of nitrogens with zero attached hydrogens (tertiary/aromatic N) is 2. The molecule has 1 aliphatic heterocycles. The van der Waals surface area contributed by atoms with E-state index in [4.69, 9.17) is 25.8 Å². The third-order valence-corrected chi connectivity index (χ3v) is 5.94. The molecule has 0 spiro atoms. The minimum atomic E-state index is -1.02. The van der Waals surface area contributed by atoms with Gasteiger partial charge in [-0.25, -0.2) is 9.78 Å². The molecular weight excluding hydrogens is 452 g/mol. The van der Waals surface area contributed by atoms with E-state index in [1.54, 1.807) is 36.8 Å². The van der Waals surface area contributed by atoms with Gasteiger partial charge < -0.3 is 18.8 Å². The molecule has 2 atom stereocenters. The molecule has 34 heavy (non-hydrogen) atoms. The molecule has 0 radical (unpaired) electrons. The molecule has 2 heterocycles. The van der Waals surface area contributed by atoms with E-state index < -0.39 is 17.9 Å². The SMILES string of the molecule is O=C(OC[C@H]1CO[C@](Cn2ccnc2)(c2ccc(-c3ccccc3)cc2)O1)c1cccc(Cl)c1. The molecule has 0 N–H and O–H groups in total. The number of benzene rings is 3. The van der Waals surface area contributed by atoms with Crippen LogP contribution >= 0.6 is 11.6 Å². The van der Waals surface area contributed by atoms with Crippen LogP contribution in [0.15, 0.2) is 97.6 Å². The number of ether oxygens (including phenoxy) is 3. The summed E-state index contributed by atoms with van der Waals surface area (Å²) in [6.45, 7) is 0.771. The van der Waals surface area contributed by atoms with Crippen molar-refractivity contribution in [1.29, 1.82) is 0 Å². The quantitative estimate of drug-likeness (QED) is 0.339. The van der Waals surface area contributed by atoms with Crippen LogP contribution < -0.4 is 0 Å². The largest absolute Gasteiger partial charge is 0.459 e. The van der Waals surface area contributed by atoms with E-state index in [2.05, 4.69) is 29.2 Å². The van der Waals surface area contributed by atoms with Crippen molar-refractivity contribution in [2.24, 2.45) is 0 Å². The van der Waals surface area contributed by atoms with Crippen molar-refractivity contribution in [2.45, 2.75) is 18.4 Å². The monoisotopic (exact) mass is 474 g/mol. The number of esters is 1. The molecule has 172 valence electrons. The maximum Gasteiger partial charge on any atom is 0.338 e. The third kappa shape index (κ3) is 4.89. The first-order chi connectivity index (χ1) is 16.6. The molecule has 1 aliphatic rings. The van der Waals surface area contributed by atoms with Crippen LogP contribution in [-0.2, 0) is 26.5 Å². The summed E-state index contributed by atoms with van der Waals surface area (Å²) >= 11 is 5.98. The zero-order valence-corrected chi connectivity index (χ0v) is 19.1. The zero-order valence-electron chi connectivity index (χ0n) is 18.3. The van der Waals surface area contributed by atoms with Gasteiger partial charge in [0.15, 0.2) is 0 Å². The molecule has 3 aromatic carbocycles. The van der Waals surface area contributed by atoms with Gasteiger partial charge in [-0.3, -0.25) is 0 Å². The number of carbonyl (C=O) groups excluding carboxylic acids is 1. The Bertz CT molecular complexity index is 1250. The zero-order chi connectivity index (χ0) is 23.4. The van der Waals surface area contributed by atoms with Gasteiger partial charge in [-0.2, -0.15) is 0 Å². The number of rotatable bonds is 7. The van der Waals surface area contributed by atoms with Crippen LogP contribution in [0.25, 0.3) is 11.1 Å². The maximum atomic E-state index is 12.4. The summed E-state index contributed by atoms with van der Waals surface area (Å²) < 4.78 is 20.0. The third-order valence-electron chi connectivity index (χ3n) is 5.70. The maximum absolute atomic E-state index is 12.4. The van der Waals surface area contributed by atoms with Crippen molar-refractivity contribution in [3.63, 3.8) is 0 Å². The molecule has 6 nitrogen and oxygen atoms in total. The van der Waals surface area contributed by atoms with E-state index in [1.807, 2.05) is 41.1 Å². The minimum absolute atomic E-state index is 0.0686. The van der Waals surface area contributed by atoms with Crippen LogP contribution in [0.2, 0.25) is 5.02 Å². The molecule has 7 heteroatoms. The number of halogens is 1. The summed E-state index contributed by atoms with van der Waals surface area (Å²) in [6, 6.07) is 25.0. The van der Waals surface area contributed by atoms with E-state index >= 15 is 0 Å². The molecule has 0 aliphatic carbocycles. The second-order valence-electron chi connectivity index (χ2n) is 8.09. The summed E-state index contributed by atoms with van der Waals surface area (Å²) in [5.74, 6) is -1.48. The van der Waals surface area contributed by atoms with Gasteiger partial charge in [0.05, 0.1) is 25.0 Å². The van der Waals surface area contributed by atoms with Gasteiger partial charge in [-0.1, -0.05) is 72.3 Å². The van der Waals surface area contributed by atoms with Crippen LogP contribution in [-0.4, -0.2) is 34.8 Å². The molecule has 0 amide bonds. The summed E-state index contributed by atoms with van der Waals surface area (Å²) in [4.78, 5) is 16.6. The van der Waals surface area contributed by atoms with Crippen LogP contribution in [0.1, 0.15) is 15.9 Å². The van der Waals surface area contributed by atoms with Crippen molar-refractivity contribution < 1.29 is 19.0 Å². The van der Waals surface area contributed by atoms with Gasteiger partial charge in [0.1, 0.15) is 12.7 Å². The molecule has 0 saturated carbocycles. The minimum Gasteiger partial charge on any atom is -0.459 e. The van der Waals surface area contributed by atoms with Gasteiger partial charge in [-0.15, -0.1) is 0 Å². The highest BCUT2D eigenvalue weighted by molar-refractivity contribution is 6.30. The molecule has 5 rings (SSSR count). The Balaban J connectivity index is 1.33. The number of hydrogen-bond acceptors (Lipinski definition) is 5. The Labute approximate surface area is 202 Å². The van der Waals surface area contributed by atoms with Crippen molar-refractivity contribution >= 4 is 17.6 Å². The molecule has 0 bridgehead atoms. The first-order valence-corrected chi connectivity index (χ1v) is 11.4. The highest BCUT2D eigenvalue weighted by Crippen LogP contribution is 2.37. The second-order valence-corrected chi connectivity index (χ2v) is 8.53. The number of carbonyl (C=O) groups is 1. The Morgan fingerprint density at radius 2 is 1.85 bits per heavy atom. The summed E-state index contributed by atoms with van der Waals surface area (Å²) in [6.07, 6.45) is 4.88. The highest BCUT2D eigenvalue weighted by Gasteiger charge is 2.44. The fourth-order valence-corrected chi connectivity index (χ4v) is 4.20. The van der Waals surface area contributed by atoms with Gasteiger partial charge in [0.2, 0.25) is 5.79 Å². The predicted octanol–water partition coefficient (Wildman–Crippen LogP) is 5.33. The van der Waals surface area contributed by atoms with Gasteiger partial charge >= 0.3 is 5.97 Å². The lowest BCUT2D eigenvalue weighted by molar-refractivity contribution is -0.190. The molecule has 4 aromatic rings. The van der Waals surface area contributed by atoms with Gasteiger partial charge in [0.25, 0.3) is 0 Å². The Morgan fingerprint density at radius 1 is 1.06 bits per heavy atom. The Morgan fingerprint density at radius 3 is 2.59 bits per heavy atom. The lowest BCUT2D eigenvalue weighted by atomic mass is 10.00. The van der Waals surface area contributed by atoms with Crippen LogP contribution in [0, 0.1) is 0 Å². The molecular formula is C27H23ClN2O4. The van der Waals surface area contributed by atoms with E-state index in [0.29, 0.717) is 17.1 Å². The number of hydrogen-bond donors (Lipinski definition) is 0. The van der Waals surface area contributed by atoms with E-state index in [1.165, 1.54) is 0 Å². The summed E-state index contributed by atoms with van der Waals surface area (Å²) in [5.41, 5.74) is 3.51. The van der Waals surface area contributed by atoms with Crippen LogP contribution in [0.4, 0.5) is 0 Å². The lowest BCUT2D eigenvalue weighted by Gasteiger charge is -2.29.